The van der Waals surface area contributed by atoms with Crippen molar-refractivity contribution in [1.82, 2.24) is 15.1 Å². The first-order chi connectivity index (χ1) is 18.2. The molecule has 37 heavy (non-hydrogen) atoms. The van der Waals surface area contributed by atoms with E-state index in [1.165, 1.54) is 6.20 Å². The summed E-state index contributed by atoms with van der Waals surface area (Å²) in [5.41, 5.74) is 9.51. The van der Waals surface area contributed by atoms with E-state index in [1.54, 1.807) is 7.11 Å². The van der Waals surface area contributed by atoms with Crippen LogP contribution in [-0.4, -0.2) is 72.1 Å². The highest BCUT2D eigenvalue weighted by Crippen LogP contribution is 2.26. The molecule has 11 nitrogen and oxygen atoms in total. The Morgan fingerprint density at radius 3 is 2.84 bits per heavy atom. The molecule has 0 fully saturated rings. The van der Waals surface area contributed by atoms with Gasteiger partial charge in [0.2, 0.25) is 6.17 Å². The number of nitrogens with zero attached hydrogens (tertiary/aromatic N) is 5. The summed E-state index contributed by atoms with van der Waals surface area (Å²) < 4.78 is 11.1. The quantitative estimate of drug-likeness (QED) is 0.428. The maximum atomic E-state index is 13.1. The van der Waals surface area contributed by atoms with Gasteiger partial charge in [-0.15, -0.1) is 5.10 Å². The molecule has 0 radical (unpaired) electrons. The van der Waals surface area contributed by atoms with Gasteiger partial charge in [-0.1, -0.05) is 53.6 Å². The van der Waals surface area contributed by atoms with Crippen LogP contribution in [0.1, 0.15) is 23.4 Å². The molecule has 1 atom stereocenters. The number of aliphatic imine (C=N–C) groups is 2. The lowest BCUT2D eigenvalue weighted by Gasteiger charge is -2.29. The van der Waals surface area contributed by atoms with Crippen LogP contribution in [0.5, 0.6) is 0 Å². The number of carbonyl (C=O) groups excluding carboxylic acids is 1. The van der Waals surface area contributed by atoms with Crippen molar-refractivity contribution < 1.29 is 13.9 Å². The summed E-state index contributed by atoms with van der Waals surface area (Å²) in [6.45, 7) is 2.70. The number of ether oxygens (including phenoxy) is 1. The highest BCUT2D eigenvalue weighted by atomic mass is 16.5. The van der Waals surface area contributed by atoms with Crippen LogP contribution >= 0.6 is 0 Å². The minimum Gasteiger partial charge on any atom is -0.404 e. The molecule has 1 amide bonds. The Morgan fingerprint density at radius 2 is 2.03 bits per heavy atom. The summed E-state index contributed by atoms with van der Waals surface area (Å²) in [5, 5.41) is 14.2. The molecule has 0 saturated heterocycles. The Balaban J connectivity index is 1.42. The van der Waals surface area contributed by atoms with Crippen molar-refractivity contribution in [1.29, 1.82) is 0 Å². The molecule has 1 aromatic heterocycles. The van der Waals surface area contributed by atoms with Crippen LogP contribution in [0.4, 0.5) is 11.7 Å². The Hall–Kier alpha value is -4.51. The van der Waals surface area contributed by atoms with Gasteiger partial charge in [-0.3, -0.25) is 9.79 Å². The predicted octanol–water partition coefficient (Wildman–Crippen LogP) is 2.35. The molecular weight excluding hydrogens is 472 g/mol. The zero-order valence-electron chi connectivity index (χ0n) is 20.4. The normalized spacial score (nSPS) is 17.9. The van der Waals surface area contributed by atoms with Gasteiger partial charge in [-0.05, 0) is 12.5 Å². The molecule has 3 aromatic rings. The van der Waals surface area contributed by atoms with Crippen molar-refractivity contribution in [2.75, 3.05) is 44.0 Å². The summed E-state index contributed by atoms with van der Waals surface area (Å²) in [7, 11) is 1.66. The Labute approximate surface area is 214 Å². The maximum absolute atomic E-state index is 13.1. The number of amides is 1. The van der Waals surface area contributed by atoms with Crippen LogP contribution < -0.4 is 16.4 Å². The number of para-hydroxylation sites is 1. The summed E-state index contributed by atoms with van der Waals surface area (Å²) in [6.07, 6.45) is 1.33. The molecular formula is C26H28N8O3. The van der Waals surface area contributed by atoms with Crippen LogP contribution in [0, 0.1) is 0 Å². The Kier molecular flexibility index (Phi) is 7.22. The van der Waals surface area contributed by atoms with Crippen LogP contribution in [0.25, 0.3) is 5.57 Å². The maximum Gasteiger partial charge on any atom is 0.317 e. The van der Waals surface area contributed by atoms with Crippen molar-refractivity contribution in [3.05, 3.63) is 77.8 Å². The monoisotopic (exact) mass is 500 g/mol. The number of benzene rings is 2. The molecule has 3 heterocycles. The van der Waals surface area contributed by atoms with E-state index in [1.807, 2.05) is 54.6 Å². The van der Waals surface area contributed by atoms with E-state index in [0.717, 1.165) is 24.1 Å². The number of methoxy groups -OCH3 is 1. The lowest BCUT2D eigenvalue weighted by Crippen LogP contribution is -2.38. The highest BCUT2D eigenvalue weighted by Gasteiger charge is 2.28. The molecule has 0 aliphatic carbocycles. The number of nitrogens with one attached hydrogen (secondary N) is 2. The molecule has 11 heteroatoms. The minimum atomic E-state index is -1.01. The molecule has 4 N–H and O–H groups in total. The first-order valence-electron chi connectivity index (χ1n) is 12.0. The minimum absolute atomic E-state index is 0.0384. The zero-order chi connectivity index (χ0) is 25.6. The number of rotatable bonds is 8. The van der Waals surface area contributed by atoms with E-state index < -0.39 is 6.17 Å². The van der Waals surface area contributed by atoms with Gasteiger partial charge in [0.15, 0.2) is 0 Å². The molecule has 0 bridgehead atoms. The summed E-state index contributed by atoms with van der Waals surface area (Å²) >= 11 is 0. The first kappa shape index (κ1) is 24.2. The van der Waals surface area contributed by atoms with Crippen LogP contribution in [0.3, 0.4) is 0 Å². The zero-order valence-corrected chi connectivity index (χ0v) is 20.4. The fourth-order valence-electron chi connectivity index (χ4n) is 4.26. The van der Waals surface area contributed by atoms with Gasteiger partial charge in [0.25, 0.3) is 11.8 Å². The molecule has 190 valence electrons. The molecule has 5 rings (SSSR count). The molecule has 2 aliphatic rings. The third kappa shape index (κ3) is 5.21. The van der Waals surface area contributed by atoms with Crippen molar-refractivity contribution in [3.8, 4) is 0 Å². The van der Waals surface area contributed by atoms with Crippen LogP contribution in [0.15, 0.2) is 75.2 Å². The van der Waals surface area contributed by atoms with E-state index in [4.69, 9.17) is 19.9 Å². The fourth-order valence-corrected chi connectivity index (χ4v) is 4.26. The SMILES string of the molecule is COCCN1CCCN=C1C(=CN)c1nnc(N[C@H]2N=C(c3ccccc3)c3ccccc3NC2=O)o1. The summed E-state index contributed by atoms with van der Waals surface area (Å²) in [6, 6.07) is 17.3. The lowest BCUT2D eigenvalue weighted by molar-refractivity contribution is -0.116. The van der Waals surface area contributed by atoms with Crippen molar-refractivity contribution in [2.45, 2.75) is 12.6 Å². The van der Waals surface area contributed by atoms with E-state index in [-0.39, 0.29) is 17.8 Å². The first-order valence-corrected chi connectivity index (χ1v) is 12.0. The largest absolute Gasteiger partial charge is 0.404 e. The third-order valence-electron chi connectivity index (χ3n) is 6.03. The molecule has 0 saturated carbocycles. The van der Waals surface area contributed by atoms with E-state index in [2.05, 4.69) is 30.7 Å². The number of nitrogens with two attached hydrogens (primary N) is 1. The van der Waals surface area contributed by atoms with Gasteiger partial charge < -0.3 is 30.4 Å². The topological polar surface area (TPSA) is 143 Å². The Morgan fingerprint density at radius 1 is 1.22 bits per heavy atom. The van der Waals surface area contributed by atoms with Gasteiger partial charge in [0.1, 0.15) is 5.84 Å². The molecule has 2 aliphatic heterocycles. The average Bonchev–Trinajstić information content (AvgIpc) is 3.34. The number of amidine groups is 1. The smallest absolute Gasteiger partial charge is 0.317 e. The van der Waals surface area contributed by atoms with Gasteiger partial charge in [0, 0.05) is 44.1 Å². The van der Waals surface area contributed by atoms with E-state index in [0.29, 0.717) is 42.5 Å². The number of anilines is 2. The highest BCUT2D eigenvalue weighted by molar-refractivity contribution is 6.21. The third-order valence-corrected chi connectivity index (χ3v) is 6.03. The molecule has 0 spiro atoms. The van der Waals surface area contributed by atoms with Crippen molar-refractivity contribution in [2.24, 2.45) is 15.7 Å². The second-order valence-electron chi connectivity index (χ2n) is 8.46. The van der Waals surface area contributed by atoms with Crippen molar-refractivity contribution >= 4 is 34.7 Å². The van der Waals surface area contributed by atoms with Gasteiger partial charge in [0.05, 0.1) is 23.6 Å². The van der Waals surface area contributed by atoms with E-state index >= 15 is 0 Å². The second-order valence-corrected chi connectivity index (χ2v) is 8.46. The number of benzodiazepines with no additional fused rings is 1. The average molecular weight is 501 g/mol. The van der Waals surface area contributed by atoms with Gasteiger partial charge >= 0.3 is 6.01 Å². The number of aromatic nitrogens is 2. The van der Waals surface area contributed by atoms with Gasteiger partial charge in [-0.25, -0.2) is 4.99 Å². The summed E-state index contributed by atoms with van der Waals surface area (Å²) in [4.78, 5) is 24.6. The van der Waals surface area contributed by atoms with E-state index in [9.17, 15) is 4.79 Å². The number of hydrogen-bond acceptors (Lipinski definition) is 10. The standard InChI is InChI=1S/C26H28N8O3/c1-36-15-14-34-13-7-12-28-23(34)19(16-27)25-32-33-26(37-25)31-22-24(35)29-20-11-6-5-10-18(20)21(30-22)17-8-3-2-4-9-17/h2-6,8-11,16,22H,7,12-15,27H2,1H3,(H,29,35)(H,31,33)/t22-/m1/s1. The molecule has 2 aromatic carbocycles. The van der Waals surface area contributed by atoms with Gasteiger partial charge in [-0.2, -0.15) is 0 Å². The number of fused-ring (bicyclic) bond motifs is 1. The lowest BCUT2D eigenvalue weighted by atomic mass is 10.0. The van der Waals surface area contributed by atoms with Crippen LogP contribution in [-0.2, 0) is 9.53 Å². The van der Waals surface area contributed by atoms with Crippen molar-refractivity contribution in [3.63, 3.8) is 0 Å². The van der Waals surface area contributed by atoms with Crippen LogP contribution in [0.2, 0.25) is 0 Å². The second kappa shape index (κ2) is 11.0. The molecule has 0 unspecified atom stereocenters. The number of hydrogen-bond donors (Lipinski definition) is 3. The fraction of sp³-hybridized carbons (Fsp3) is 0.269. The predicted molar refractivity (Wildman–Crippen MR) is 141 cm³/mol. The Bertz CT molecular complexity index is 1350. The number of carbonyl (C=O) groups is 1. The summed E-state index contributed by atoms with van der Waals surface area (Å²) in [5.74, 6) is 0.515.